The second-order valence-corrected chi connectivity index (χ2v) is 8.68. The molecule has 10 heteroatoms. The van der Waals surface area contributed by atoms with Gasteiger partial charge in [0.25, 0.3) is 5.91 Å². The van der Waals surface area contributed by atoms with Gasteiger partial charge < -0.3 is 29.2 Å². The molecule has 0 saturated carbocycles. The number of benzene rings is 2. The van der Waals surface area contributed by atoms with Crippen molar-refractivity contribution in [2.45, 2.75) is 19.9 Å². The summed E-state index contributed by atoms with van der Waals surface area (Å²) in [7, 11) is 3.10. The zero-order valence-electron chi connectivity index (χ0n) is 20.4. The molecule has 36 heavy (non-hydrogen) atoms. The Kier molecular flexibility index (Phi) is 7.84. The number of hydrogen-bond acceptors (Lipinski definition) is 9. The summed E-state index contributed by atoms with van der Waals surface area (Å²) in [5.74, 6) is 0.806. The number of esters is 1. The van der Waals surface area contributed by atoms with Crippen LogP contribution in [0.5, 0.6) is 17.2 Å². The van der Waals surface area contributed by atoms with Gasteiger partial charge in [-0.1, -0.05) is 17.8 Å². The number of rotatable bonds is 9. The molecule has 2 heterocycles. The summed E-state index contributed by atoms with van der Waals surface area (Å²) in [6.07, 6.45) is 1.89. The van der Waals surface area contributed by atoms with Crippen molar-refractivity contribution in [1.29, 1.82) is 0 Å². The molecule has 1 amide bonds. The molecule has 0 fully saturated rings. The Morgan fingerprint density at radius 3 is 2.56 bits per heavy atom. The highest BCUT2D eigenvalue weighted by Crippen LogP contribution is 2.43. The quantitative estimate of drug-likeness (QED) is 0.494. The van der Waals surface area contributed by atoms with E-state index in [1.807, 2.05) is 22.6 Å². The van der Waals surface area contributed by atoms with E-state index in [2.05, 4.69) is 10.3 Å². The number of nitrogens with one attached hydrogen (secondary N) is 1. The van der Waals surface area contributed by atoms with Crippen LogP contribution in [0.25, 0.3) is 0 Å². The fraction of sp³-hybridized carbons (Fsp3) is 0.269. The number of ether oxygens (including phenoxy) is 4. The number of carbonyl (C=O) groups excluding carboxylic acids is 2. The number of thioether (sulfide) groups is 1. The van der Waals surface area contributed by atoms with Crippen molar-refractivity contribution in [1.82, 2.24) is 4.90 Å². The standard InChI is InChI=1S/C26H27N3O6S/c1-5-34-25(31)23-16(2)27-26-29(12-13-36-26)24(23)17-6-11-20(21(14-17)33-4)35-15-22(30)28-18-7-9-19(32-3)10-8-18/h6-14,24H,5,15H2,1-4H3,(H,28,30)/t24-/m1/s1. The van der Waals surface area contributed by atoms with Gasteiger partial charge in [-0.15, -0.1) is 0 Å². The fourth-order valence-corrected chi connectivity index (χ4v) is 4.68. The molecule has 0 saturated heterocycles. The lowest BCUT2D eigenvalue weighted by molar-refractivity contribution is -0.139. The topological polar surface area (TPSA) is 98.7 Å². The van der Waals surface area contributed by atoms with Crippen molar-refractivity contribution in [3.63, 3.8) is 0 Å². The van der Waals surface area contributed by atoms with Crippen molar-refractivity contribution in [3.05, 3.63) is 70.9 Å². The van der Waals surface area contributed by atoms with Gasteiger partial charge in [0.1, 0.15) is 5.75 Å². The van der Waals surface area contributed by atoms with Gasteiger partial charge in [-0.3, -0.25) is 4.79 Å². The van der Waals surface area contributed by atoms with E-state index < -0.39 is 12.0 Å². The maximum atomic E-state index is 12.9. The number of anilines is 1. The molecule has 1 atom stereocenters. The predicted molar refractivity (Wildman–Crippen MR) is 138 cm³/mol. The number of methoxy groups -OCH3 is 2. The monoisotopic (exact) mass is 509 g/mol. The molecule has 188 valence electrons. The lowest BCUT2D eigenvalue weighted by Gasteiger charge is -2.33. The summed E-state index contributed by atoms with van der Waals surface area (Å²) in [6, 6.07) is 11.9. The van der Waals surface area contributed by atoms with Crippen molar-refractivity contribution in [3.8, 4) is 17.2 Å². The van der Waals surface area contributed by atoms with Gasteiger partial charge in [0.15, 0.2) is 23.3 Å². The minimum absolute atomic E-state index is 0.208. The van der Waals surface area contributed by atoms with Gasteiger partial charge in [0.05, 0.1) is 38.1 Å². The van der Waals surface area contributed by atoms with E-state index in [0.29, 0.717) is 34.2 Å². The minimum Gasteiger partial charge on any atom is -0.497 e. The predicted octanol–water partition coefficient (Wildman–Crippen LogP) is 4.49. The third-order valence-electron chi connectivity index (χ3n) is 5.55. The summed E-state index contributed by atoms with van der Waals surface area (Å²) in [4.78, 5) is 31.8. The molecule has 4 rings (SSSR count). The van der Waals surface area contributed by atoms with Crippen LogP contribution < -0.4 is 19.5 Å². The number of nitrogens with zero attached hydrogens (tertiary/aromatic N) is 2. The molecule has 2 aliphatic heterocycles. The van der Waals surface area contributed by atoms with Crippen LogP contribution in [0.3, 0.4) is 0 Å². The normalized spacial score (nSPS) is 16.3. The largest absolute Gasteiger partial charge is 0.497 e. The van der Waals surface area contributed by atoms with E-state index >= 15 is 0 Å². The Balaban J connectivity index is 1.53. The highest BCUT2D eigenvalue weighted by atomic mass is 32.2. The Morgan fingerprint density at radius 2 is 1.86 bits per heavy atom. The third-order valence-corrected chi connectivity index (χ3v) is 6.32. The first-order valence-corrected chi connectivity index (χ1v) is 12.2. The van der Waals surface area contributed by atoms with E-state index in [4.69, 9.17) is 18.9 Å². The van der Waals surface area contributed by atoms with Gasteiger partial charge in [0.2, 0.25) is 0 Å². The van der Waals surface area contributed by atoms with Crippen molar-refractivity contribution in [2.24, 2.45) is 4.99 Å². The Morgan fingerprint density at radius 1 is 1.08 bits per heavy atom. The molecular formula is C26H27N3O6S. The molecule has 9 nitrogen and oxygen atoms in total. The Labute approximate surface area is 213 Å². The second-order valence-electron chi connectivity index (χ2n) is 7.80. The summed E-state index contributed by atoms with van der Waals surface area (Å²) < 4.78 is 21.8. The zero-order chi connectivity index (χ0) is 25.7. The molecule has 2 aliphatic rings. The summed E-state index contributed by atoms with van der Waals surface area (Å²) in [5.41, 5.74) is 2.49. The SMILES string of the molecule is CCOC(=O)C1=C(C)N=C2SC=CN2[C@@H]1c1ccc(OCC(=O)Nc2ccc(OC)cc2)c(OC)c1. The smallest absolute Gasteiger partial charge is 0.338 e. The Bertz CT molecular complexity index is 1240. The maximum absolute atomic E-state index is 12.9. The number of allylic oxidation sites excluding steroid dienone is 1. The van der Waals surface area contributed by atoms with E-state index in [1.165, 1.54) is 18.9 Å². The van der Waals surface area contributed by atoms with E-state index in [0.717, 1.165) is 10.7 Å². The summed E-state index contributed by atoms with van der Waals surface area (Å²) >= 11 is 1.48. The van der Waals surface area contributed by atoms with Crippen LogP contribution in [0.4, 0.5) is 5.69 Å². The van der Waals surface area contributed by atoms with Crippen molar-refractivity contribution < 1.29 is 28.5 Å². The lowest BCUT2D eigenvalue weighted by Crippen LogP contribution is -2.34. The van der Waals surface area contributed by atoms with Crippen LogP contribution in [0, 0.1) is 0 Å². The molecule has 2 aromatic carbocycles. The molecule has 1 N–H and O–H groups in total. The van der Waals surface area contributed by atoms with Crippen LogP contribution in [0.2, 0.25) is 0 Å². The fourth-order valence-electron chi connectivity index (χ4n) is 3.89. The first kappa shape index (κ1) is 25.2. The third kappa shape index (κ3) is 5.33. The molecular weight excluding hydrogens is 482 g/mol. The number of amides is 1. The van der Waals surface area contributed by atoms with Crippen molar-refractivity contribution >= 4 is 34.5 Å². The summed E-state index contributed by atoms with van der Waals surface area (Å²) in [6.45, 7) is 3.63. The van der Waals surface area contributed by atoms with Gasteiger partial charge in [0, 0.05) is 11.9 Å². The van der Waals surface area contributed by atoms with E-state index in [1.54, 1.807) is 57.4 Å². The van der Waals surface area contributed by atoms with E-state index in [9.17, 15) is 9.59 Å². The average molecular weight is 510 g/mol. The molecule has 0 aromatic heterocycles. The molecule has 0 radical (unpaired) electrons. The molecule has 0 bridgehead atoms. The number of aliphatic imine (C=N–C) groups is 1. The van der Waals surface area contributed by atoms with Crippen LogP contribution in [-0.2, 0) is 14.3 Å². The van der Waals surface area contributed by atoms with Gasteiger partial charge >= 0.3 is 5.97 Å². The lowest BCUT2D eigenvalue weighted by atomic mass is 9.94. The van der Waals surface area contributed by atoms with Crippen LogP contribution in [0.1, 0.15) is 25.5 Å². The number of carbonyl (C=O) groups is 2. The maximum Gasteiger partial charge on any atom is 0.338 e. The van der Waals surface area contributed by atoms with Gasteiger partial charge in [-0.2, -0.15) is 0 Å². The first-order chi connectivity index (χ1) is 17.4. The first-order valence-electron chi connectivity index (χ1n) is 11.3. The van der Waals surface area contributed by atoms with Gasteiger partial charge in [-0.25, -0.2) is 9.79 Å². The average Bonchev–Trinajstić information content (AvgIpc) is 3.35. The van der Waals surface area contributed by atoms with Gasteiger partial charge in [-0.05, 0) is 61.2 Å². The van der Waals surface area contributed by atoms with Crippen LogP contribution in [0.15, 0.2) is 70.3 Å². The minimum atomic E-state index is -0.441. The second kappa shape index (κ2) is 11.2. The number of fused-ring (bicyclic) bond motifs is 1. The molecule has 0 unspecified atom stereocenters. The van der Waals surface area contributed by atoms with Crippen molar-refractivity contribution in [2.75, 3.05) is 32.8 Å². The highest BCUT2D eigenvalue weighted by molar-refractivity contribution is 8.16. The molecule has 2 aromatic rings. The van der Waals surface area contributed by atoms with E-state index in [-0.39, 0.29) is 19.1 Å². The highest BCUT2D eigenvalue weighted by Gasteiger charge is 2.37. The number of amidine groups is 1. The molecule has 0 aliphatic carbocycles. The molecule has 0 spiro atoms. The Hall–Kier alpha value is -3.92. The van der Waals surface area contributed by atoms with Crippen LogP contribution in [-0.4, -0.2) is 49.4 Å². The van der Waals surface area contributed by atoms with Crippen LogP contribution >= 0.6 is 11.8 Å². The number of hydrogen-bond donors (Lipinski definition) is 1. The zero-order valence-corrected chi connectivity index (χ0v) is 21.3. The summed E-state index contributed by atoms with van der Waals surface area (Å²) in [5, 5.41) is 5.47.